The van der Waals surface area contributed by atoms with E-state index in [1.165, 1.54) is 0 Å². The van der Waals surface area contributed by atoms with Crippen molar-refractivity contribution in [3.8, 4) is 0 Å². The first-order chi connectivity index (χ1) is 13.8. The molecule has 1 aromatic rings. The van der Waals surface area contributed by atoms with Gasteiger partial charge in [0.15, 0.2) is 5.96 Å². The molecule has 1 N–H and O–H groups in total. The number of hydrogen-bond acceptors (Lipinski definition) is 4. The van der Waals surface area contributed by atoms with E-state index in [0.717, 1.165) is 57.1 Å². The van der Waals surface area contributed by atoms with Gasteiger partial charge in [0.1, 0.15) is 5.60 Å². The summed E-state index contributed by atoms with van der Waals surface area (Å²) in [5.41, 5.74) is 0.623. The Hall–Kier alpha value is -2.31. The highest BCUT2D eigenvalue weighted by molar-refractivity contribution is 5.80. The number of rotatable bonds is 6. The van der Waals surface area contributed by atoms with Crippen molar-refractivity contribution in [1.29, 1.82) is 0 Å². The molecule has 162 valence electrons. The number of carbonyl (C=O) groups excluding carboxylic acids is 1. The lowest BCUT2D eigenvalue weighted by molar-refractivity contribution is 0.0214. The van der Waals surface area contributed by atoms with Gasteiger partial charge < -0.3 is 19.9 Å². The van der Waals surface area contributed by atoms with E-state index in [-0.39, 0.29) is 6.09 Å². The molecule has 1 aliphatic heterocycles. The molecule has 0 atom stereocenters. The van der Waals surface area contributed by atoms with Crippen molar-refractivity contribution in [2.75, 3.05) is 39.8 Å². The van der Waals surface area contributed by atoms with Crippen LogP contribution in [0.1, 0.15) is 46.2 Å². The van der Waals surface area contributed by atoms with Gasteiger partial charge in [-0.3, -0.25) is 9.98 Å². The zero-order valence-corrected chi connectivity index (χ0v) is 18.6. The van der Waals surface area contributed by atoms with Crippen molar-refractivity contribution in [3.63, 3.8) is 0 Å². The van der Waals surface area contributed by atoms with E-state index in [1.807, 2.05) is 64.0 Å². The smallest absolute Gasteiger partial charge is 0.410 e. The van der Waals surface area contributed by atoms with E-state index >= 15 is 0 Å². The van der Waals surface area contributed by atoms with E-state index in [0.29, 0.717) is 12.5 Å². The Bertz CT molecular complexity index is 649. The third-order valence-corrected chi connectivity index (χ3v) is 5.03. The second-order valence-corrected chi connectivity index (χ2v) is 8.49. The Labute approximate surface area is 175 Å². The van der Waals surface area contributed by atoms with Crippen LogP contribution in [0.25, 0.3) is 0 Å². The van der Waals surface area contributed by atoms with E-state index in [1.54, 1.807) is 0 Å². The lowest BCUT2D eigenvalue weighted by Gasteiger charge is -2.36. The van der Waals surface area contributed by atoms with Crippen molar-refractivity contribution in [3.05, 3.63) is 30.1 Å². The van der Waals surface area contributed by atoms with Crippen molar-refractivity contribution in [2.45, 2.75) is 52.6 Å². The third-order valence-electron chi connectivity index (χ3n) is 5.03. The fraction of sp³-hybridized carbons (Fsp3) is 0.682. The Morgan fingerprint density at radius 2 is 2.07 bits per heavy atom. The molecule has 0 aliphatic carbocycles. The largest absolute Gasteiger partial charge is 0.444 e. The normalized spacial score (nSPS) is 15.9. The molecule has 1 saturated heterocycles. The van der Waals surface area contributed by atoms with Gasteiger partial charge >= 0.3 is 6.09 Å². The fourth-order valence-corrected chi connectivity index (χ4v) is 3.48. The monoisotopic (exact) mass is 403 g/mol. The Morgan fingerprint density at radius 1 is 1.34 bits per heavy atom. The second-order valence-electron chi connectivity index (χ2n) is 8.49. The molecule has 1 fully saturated rings. The van der Waals surface area contributed by atoms with Crippen LogP contribution in [0.15, 0.2) is 29.4 Å². The van der Waals surface area contributed by atoms with Crippen LogP contribution in [0.4, 0.5) is 4.79 Å². The van der Waals surface area contributed by atoms with Gasteiger partial charge in [-0.1, -0.05) is 6.07 Å². The number of guanidine groups is 1. The number of pyridine rings is 1. The van der Waals surface area contributed by atoms with Crippen LogP contribution in [0, 0.1) is 5.92 Å². The topological polar surface area (TPSA) is 70.1 Å². The summed E-state index contributed by atoms with van der Waals surface area (Å²) in [6.45, 7) is 11.9. The molecule has 1 amide bonds. The summed E-state index contributed by atoms with van der Waals surface area (Å²) in [7, 11) is 1.83. The SMILES string of the molecule is CCN(CC1CCN(C(=NC)NCCc2ccccn2)CC1)C(=O)OC(C)(C)C. The highest BCUT2D eigenvalue weighted by atomic mass is 16.6. The Balaban J connectivity index is 1.77. The molecular formula is C22H37N5O2. The van der Waals surface area contributed by atoms with Crippen LogP contribution in [0.5, 0.6) is 0 Å². The standard InChI is InChI=1S/C22H37N5O2/c1-6-26(21(28)29-22(2,3)4)17-18-11-15-27(16-12-18)20(23-5)25-14-10-19-9-7-8-13-24-19/h7-9,13,18H,6,10-12,14-17H2,1-5H3,(H,23,25). The van der Waals surface area contributed by atoms with Gasteiger partial charge in [-0.25, -0.2) is 4.79 Å². The summed E-state index contributed by atoms with van der Waals surface area (Å²) in [4.78, 5) is 25.3. The maximum atomic E-state index is 12.4. The van der Waals surface area contributed by atoms with Crippen LogP contribution < -0.4 is 5.32 Å². The van der Waals surface area contributed by atoms with Gasteiger partial charge in [-0.05, 0) is 58.6 Å². The van der Waals surface area contributed by atoms with Crippen molar-refractivity contribution < 1.29 is 9.53 Å². The van der Waals surface area contributed by atoms with Crippen LogP contribution in [-0.4, -0.2) is 72.2 Å². The van der Waals surface area contributed by atoms with Gasteiger partial charge in [0.25, 0.3) is 0 Å². The summed E-state index contributed by atoms with van der Waals surface area (Å²) < 4.78 is 5.53. The average Bonchev–Trinajstić information content (AvgIpc) is 2.69. The first-order valence-corrected chi connectivity index (χ1v) is 10.7. The lowest BCUT2D eigenvalue weighted by Crippen LogP contribution is -2.48. The number of ether oxygens (including phenoxy) is 1. The predicted molar refractivity (Wildman–Crippen MR) is 117 cm³/mol. The maximum Gasteiger partial charge on any atom is 0.410 e. The summed E-state index contributed by atoms with van der Waals surface area (Å²) >= 11 is 0. The van der Waals surface area contributed by atoms with Gasteiger partial charge in [-0.15, -0.1) is 0 Å². The number of piperidine rings is 1. The number of hydrogen-bond donors (Lipinski definition) is 1. The minimum Gasteiger partial charge on any atom is -0.444 e. The molecule has 0 unspecified atom stereocenters. The molecule has 0 radical (unpaired) electrons. The number of aliphatic imine (C=N–C) groups is 1. The molecule has 1 aliphatic rings. The van der Waals surface area contributed by atoms with Gasteiger partial charge in [0.2, 0.25) is 0 Å². The predicted octanol–water partition coefficient (Wildman–Crippen LogP) is 3.17. The van der Waals surface area contributed by atoms with Crippen LogP contribution in [0.2, 0.25) is 0 Å². The minimum absolute atomic E-state index is 0.213. The van der Waals surface area contributed by atoms with Gasteiger partial charge in [0, 0.05) is 58.1 Å². The molecule has 7 heteroatoms. The summed E-state index contributed by atoms with van der Waals surface area (Å²) in [5, 5.41) is 3.45. The highest BCUT2D eigenvalue weighted by Crippen LogP contribution is 2.20. The zero-order valence-electron chi connectivity index (χ0n) is 18.6. The maximum absolute atomic E-state index is 12.4. The van der Waals surface area contributed by atoms with Crippen molar-refractivity contribution >= 4 is 12.1 Å². The summed E-state index contributed by atoms with van der Waals surface area (Å²) in [6, 6.07) is 5.99. The molecule has 2 heterocycles. The molecule has 2 rings (SSSR count). The van der Waals surface area contributed by atoms with E-state index in [2.05, 4.69) is 20.2 Å². The minimum atomic E-state index is -0.457. The van der Waals surface area contributed by atoms with Crippen LogP contribution in [0.3, 0.4) is 0 Å². The van der Waals surface area contributed by atoms with Crippen molar-refractivity contribution in [1.82, 2.24) is 20.1 Å². The zero-order chi connectivity index (χ0) is 21.3. The Morgan fingerprint density at radius 3 is 2.62 bits per heavy atom. The molecule has 7 nitrogen and oxygen atoms in total. The number of aromatic nitrogens is 1. The molecule has 0 spiro atoms. The number of likely N-dealkylation sites (tertiary alicyclic amines) is 1. The van der Waals surface area contributed by atoms with E-state index in [9.17, 15) is 4.79 Å². The molecule has 0 aromatic carbocycles. The first kappa shape index (κ1) is 23.0. The van der Waals surface area contributed by atoms with Gasteiger partial charge in [-0.2, -0.15) is 0 Å². The molecule has 1 aromatic heterocycles. The van der Waals surface area contributed by atoms with E-state index in [4.69, 9.17) is 4.74 Å². The molecular weight excluding hydrogens is 366 g/mol. The first-order valence-electron chi connectivity index (χ1n) is 10.7. The quantitative estimate of drug-likeness (QED) is 0.584. The highest BCUT2D eigenvalue weighted by Gasteiger charge is 2.27. The van der Waals surface area contributed by atoms with Crippen LogP contribution >= 0.6 is 0 Å². The fourth-order valence-electron chi connectivity index (χ4n) is 3.48. The third kappa shape index (κ3) is 7.91. The number of nitrogens with zero attached hydrogens (tertiary/aromatic N) is 4. The average molecular weight is 404 g/mol. The summed E-state index contributed by atoms with van der Waals surface area (Å²) in [6.07, 6.45) is 4.57. The number of nitrogens with one attached hydrogen (secondary N) is 1. The van der Waals surface area contributed by atoms with Crippen LogP contribution in [-0.2, 0) is 11.2 Å². The number of amides is 1. The lowest BCUT2D eigenvalue weighted by atomic mass is 9.96. The molecule has 29 heavy (non-hydrogen) atoms. The Kier molecular flexibility index (Phi) is 8.73. The van der Waals surface area contributed by atoms with Gasteiger partial charge in [0.05, 0.1) is 0 Å². The van der Waals surface area contributed by atoms with E-state index < -0.39 is 5.60 Å². The molecule has 0 bridgehead atoms. The second kappa shape index (κ2) is 11.0. The number of carbonyl (C=O) groups is 1. The molecule has 0 saturated carbocycles. The van der Waals surface area contributed by atoms with Crippen molar-refractivity contribution in [2.24, 2.45) is 10.9 Å². The summed E-state index contributed by atoms with van der Waals surface area (Å²) in [5.74, 6) is 1.43.